The number of nitrogens with one attached hydrogen (secondary N) is 1. The summed E-state index contributed by atoms with van der Waals surface area (Å²) in [5.41, 5.74) is 6.84. The molecular formula is C11H16N2O3S. The van der Waals surface area contributed by atoms with Gasteiger partial charge in [-0.1, -0.05) is 25.1 Å². The molecule has 0 aliphatic heterocycles. The number of benzene rings is 1. The second-order valence-corrected chi connectivity index (χ2v) is 5.94. The first-order chi connectivity index (χ1) is 7.98. The van der Waals surface area contributed by atoms with Gasteiger partial charge in [-0.25, -0.2) is 8.42 Å². The maximum absolute atomic E-state index is 11.5. The van der Waals surface area contributed by atoms with Crippen molar-refractivity contribution in [1.82, 2.24) is 0 Å². The summed E-state index contributed by atoms with van der Waals surface area (Å²) in [6, 6.07) is 7.03. The molecule has 0 saturated carbocycles. The molecule has 0 saturated heterocycles. The minimum atomic E-state index is -3.30. The highest BCUT2D eigenvalue weighted by Crippen LogP contribution is 2.13. The molecule has 0 aliphatic rings. The van der Waals surface area contributed by atoms with E-state index in [4.69, 9.17) is 5.73 Å². The molecule has 94 valence electrons. The Labute approximate surface area is 101 Å². The monoisotopic (exact) mass is 256 g/mol. The van der Waals surface area contributed by atoms with E-state index >= 15 is 0 Å². The summed E-state index contributed by atoms with van der Waals surface area (Å²) in [5.74, 6) is -1.07. The van der Waals surface area contributed by atoms with Gasteiger partial charge in [0.1, 0.15) is 5.75 Å². The Morgan fingerprint density at radius 2 is 2.00 bits per heavy atom. The van der Waals surface area contributed by atoms with E-state index in [2.05, 4.69) is 5.32 Å². The predicted octanol–water partition coefficient (Wildman–Crippen LogP) is 0.518. The number of nitrogens with two attached hydrogens (primary N) is 1. The van der Waals surface area contributed by atoms with Gasteiger partial charge in [0.05, 0.1) is 0 Å². The van der Waals surface area contributed by atoms with E-state index in [9.17, 15) is 13.2 Å². The first-order valence-corrected chi connectivity index (χ1v) is 7.09. The fourth-order valence-corrected chi connectivity index (χ4v) is 1.98. The first-order valence-electron chi connectivity index (χ1n) is 5.26. The number of hydrogen-bond donors (Lipinski definition) is 2. The Kier molecular flexibility index (Phi) is 4.65. The third kappa shape index (κ3) is 4.16. The van der Waals surface area contributed by atoms with Crippen LogP contribution in [0.25, 0.3) is 0 Å². The zero-order valence-electron chi connectivity index (χ0n) is 9.64. The van der Waals surface area contributed by atoms with Crippen LogP contribution in [-0.2, 0) is 21.2 Å². The average Bonchev–Trinajstić information content (AvgIpc) is 2.29. The van der Waals surface area contributed by atoms with Crippen molar-refractivity contribution in [2.75, 3.05) is 16.8 Å². The molecule has 0 aromatic heterocycles. The van der Waals surface area contributed by atoms with Gasteiger partial charge in [-0.15, -0.1) is 0 Å². The molecule has 0 bridgehead atoms. The smallest absolute Gasteiger partial charge is 0.239 e. The highest BCUT2D eigenvalue weighted by molar-refractivity contribution is 7.92. The highest BCUT2D eigenvalue weighted by Gasteiger charge is 2.14. The van der Waals surface area contributed by atoms with Gasteiger partial charge in [0.15, 0.2) is 9.84 Å². The van der Waals surface area contributed by atoms with E-state index in [1.807, 2.05) is 0 Å². The third-order valence-electron chi connectivity index (χ3n) is 2.30. The molecule has 17 heavy (non-hydrogen) atoms. The van der Waals surface area contributed by atoms with Crippen molar-refractivity contribution in [3.63, 3.8) is 0 Å². The van der Waals surface area contributed by atoms with E-state index in [1.165, 1.54) is 6.92 Å². The number of rotatable bonds is 5. The van der Waals surface area contributed by atoms with Gasteiger partial charge in [-0.05, 0) is 11.6 Å². The lowest BCUT2D eigenvalue weighted by Crippen LogP contribution is -2.24. The van der Waals surface area contributed by atoms with Crippen LogP contribution in [0.5, 0.6) is 0 Å². The van der Waals surface area contributed by atoms with E-state index in [1.54, 1.807) is 24.3 Å². The first kappa shape index (κ1) is 13.7. The lowest BCUT2D eigenvalue weighted by molar-refractivity contribution is -0.113. The Hall–Kier alpha value is -1.40. The molecule has 1 rings (SSSR count). The van der Waals surface area contributed by atoms with Crippen LogP contribution in [0.15, 0.2) is 24.3 Å². The number of para-hydroxylation sites is 1. The van der Waals surface area contributed by atoms with Crippen molar-refractivity contribution < 1.29 is 13.2 Å². The molecule has 0 heterocycles. The van der Waals surface area contributed by atoms with Crippen LogP contribution >= 0.6 is 0 Å². The zero-order chi connectivity index (χ0) is 12.9. The number of amides is 1. The van der Waals surface area contributed by atoms with Gasteiger partial charge in [0.2, 0.25) is 5.91 Å². The Morgan fingerprint density at radius 1 is 1.35 bits per heavy atom. The van der Waals surface area contributed by atoms with Crippen molar-refractivity contribution in [3.05, 3.63) is 29.8 Å². The largest absolute Gasteiger partial charge is 0.326 e. The number of anilines is 1. The molecule has 5 nitrogen and oxygen atoms in total. The minimum Gasteiger partial charge on any atom is -0.326 e. The molecule has 1 aromatic carbocycles. The fraction of sp³-hybridized carbons (Fsp3) is 0.364. The van der Waals surface area contributed by atoms with Crippen LogP contribution in [0.4, 0.5) is 5.69 Å². The lowest BCUT2D eigenvalue weighted by atomic mass is 10.2. The van der Waals surface area contributed by atoms with Crippen molar-refractivity contribution in [3.8, 4) is 0 Å². The molecule has 3 N–H and O–H groups in total. The standard InChI is InChI=1S/C11H16N2O3S/c1-2-17(15,16)8-11(14)13-10-6-4-3-5-9(10)7-12/h3-6H,2,7-8,12H2,1H3,(H,13,14). The van der Waals surface area contributed by atoms with Crippen molar-refractivity contribution in [1.29, 1.82) is 0 Å². The van der Waals surface area contributed by atoms with Gasteiger partial charge in [-0.3, -0.25) is 4.79 Å². The SMILES string of the molecule is CCS(=O)(=O)CC(=O)Nc1ccccc1CN. The van der Waals surface area contributed by atoms with E-state index < -0.39 is 21.5 Å². The highest BCUT2D eigenvalue weighted by atomic mass is 32.2. The molecule has 1 amide bonds. The maximum atomic E-state index is 11.5. The number of carbonyl (C=O) groups is 1. The average molecular weight is 256 g/mol. The van der Waals surface area contributed by atoms with E-state index in [0.717, 1.165) is 5.56 Å². The van der Waals surface area contributed by atoms with Crippen LogP contribution in [-0.4, -0.2) is 25.8 Å². The summed E-state index contributed by atoms with van der Waals surface area (Å²) in [4.78, 5) is 11.5. The van der Waals surface area contributed by atoms with Crippen LogP contribution in [0.1, 0.15) is 12.5 Å². The maximum Gasteiger partial charge on any atom is 0.239 e. The molecule has 0 unspecified atom stereocenters. The summed E-state index contributed by atoms with van der Waals surface area (Å²) in [6.07, 6.45) is 0. The van der Waals surface area contributed by atoms with Crippen LogP contribution in [0, 0.1) is 0 Å². The molecule has 1 aromatic rings. The quantitative estimate of drug-likeness (QED) is 0.803. The molecule has 0 aliphatic carbocycles. The third-order valence-corrected chi connectivity index (χ3v) is 3.88. The van der Waals surface area contributed by atoms with Gasteiger partial charge in [0, 0.05) is 18.0 Å². The molecule has 0 fully saturated rings. The fourth-order valence-electron chi connectivity index (χ4n) is 1.31. The van der Waals surface area contributed by atoms with Crippen LogP contribution in [0.3, 0.4) is 0 Å². The Bertz CT molecular complexity index is 497. The van der Waals surface area contributed by atoms with Gasteiger partial charge in [-0.2, -0.15) is 0 Å². The van der Waals surface area contributed by atoms with Crippen molar-refractivity contribution in [2.24, 2.45) is 5.73 Å². The van der Waals surface area contributed by atoms with Crippen molar-refractivity contribution in [2.45, 2.75) is 13.5 Å². The summed E-state index contributed by atoms with van der Waals surface area (Å²) in [7, 11) is -3.30. The second kappa shape index (κ2) is 5.79. The van der Waals surface area contributed by atoms with Crippen molar-refractivity contribution >= 4 is 21.4 Å². The number of carbonyl (C=O) groups excluding carboxylic acids is 1. The Balaban J connectivity index is 2.75. The molecule has 0 spiro atoms. The zero-order valence-corrected chi connectivity index (χ0v) is 10.5. The predicted molar refractivity (Wildman–Crippen MR) is 67.3 cm³/mol. The van der Waals surface area contributed by atoms with E-state index in [-0.39, 0.29) is 12.3 Å². The molecular weight excluding hydrogens is 240 g/mol. The summed E-state index contributed by atoms with van der Waals surface area (Å²) in [5, 5.41) is 2.55. The Morgan fingerprint density at radius 3 is 2.59 bits per heavy atom. The second-order valence-electron chi connectivity index (χ2n) is 3.59. The van der Waals surface area contributed by atoms with Crippen LogP contribution in [0.2, 0.25) is 0 Å². The van der Waals surface area contributed by atoms with Gasteiger partial charge < -0.3 is 11.1 Å². The van der Waals surface area contributed by atoms with Gasteiger partial charge in [0.25, 0.3) is 0 Å². The van der Waals surface area contributed by atoms with Gasteiger partial charge >= 0.3 is 0 Å². The minimum absolute atomic E-state index is 0.0427. The molecule has 6 heteroatoms. The lowest BCUT2D eigenvalue weighted by Gasteiger charge is -2.09. The molecule has 0 radical (unpaired) electrons. The summed E-state index contributed by atoms with van der Waals surface area (Å²) < 4.78 is 22.5. The summed E-state index contributed by atoms with van der Waals surface area (Å²) in [6.45, 7) is 1.80. The normalized spacial score (nSPS) is 11.2. The topological polar surface area (TPSA) is 89.3 Å². The van der Waals surface area contributed by atoms with Crippen LogP contribution < -0.4 is 11.1 Å². The van der Waals surface area contributed by atoms with E-state index in [0.29, 0.717) is 5.69 Å². The number of sulfone groups is 1. The summed E-state index contributed by atoms with van der Waals surface area (Å²) >= 11 is 0. The number of hydrogen-bond acceptors (Lipinski definition) is 4. The molecule has 0 atom stereocenters.